The van der Waals surface area contributed by atoms with Gasteiger partial charge in [-0.2, -0.15) is 0 Å². The number of aryl methyl sites for hydroxylation is 1. The van der Waals surface area contributed by atoms with Crippen molar-refractivity contribution in [1.82, 2.24) is 4.57 Å². The number of carbonyl (C=O) groups is 1. The number of carboxylic acid groups (broad SMARTS) is 1. The van der Waals surface area contributed by atoms with Crippen LogP contribution in [-0.2, 0) is 16.8 Å². The quantitative estimate of drug-likeness (QED) is 0.920. The predicted molar refractivity (Wildman–Crippen MR) is 74.8 cm³/mol. The van der Waals surface area contributed by atoms with Crippen LogP contribution in [0.1, 0.15) is 26.5 Å². The number of ether oxygens (including phenoxy) is 1. The van der Waals surface area contributed by atoms with Gasteiger partial charge < -0.3 is 14.4 Å². The molecule has 1 N–H and O–H groups in total. The van der Waals surface area contributed by atoms with Crippen LogP contribution in [0.5, 0.6) is 5.75 Å². The van der Waals surface area contributed by atoms with Crippen LogP contribution in [0.2, 0.25) is 0 Å². The molecular weight excluding hydrogens is 242 g/mol. The maximum absolute atomic E-state index is 11.5. The lowest BCUT2D eigenvalue weighted by Crippen LogP contribution is -2.31. The van der Waals surface area contributed by atoms with Crippen molar-refractivity contribution < 1.29 is 14.6 Å². The number of hydrogen-bond acceptors (Lipinski definition) is 2. The van der Waals surface area contributed by atoms with Crippen molar-refractivity contribution in [3.8, 4) is 5.75 Å². The van der Waals surface area contributed by atoms with E-state index in [4.69, 9.17) is 4.74 Å². The summed E-state index contributed by atoms with van der Waals surface area (Å²) in [6, 6.07) is 7.72. The first-order valence-corrected chi connectivity index (χ1v) is 6.33. The van der Waals surface area contributed by atoms with Gasteiger partial charge in [0, 0.05) is 17.6 Å². The third-order valence-corrected chi connectivity index (χ3v) is 3.62. The lowest BCUT2D eigenvalue weighted by Gasteiger charge is -2.21. The normalized spacial score (nSPS) is 11.8. The maximum atomic E-state index is 11.5. The largest absolute Gasteiger partial charge is 0.496 e. The van der Waals surface area contributed by atoms with Gasteiger partial charge in [-0.15, -0.1) is 0 Å². The molecule has 2 rings (SSSR count). The van der Waals surface area contributed by atoms with Gasteiger partial charge in [-0.3, -0.25) is 4.79 Å². The van der Waals surface area contributed by atoms with Gasteiger partial charge in [0.15, 0.2) is 0 Å². The van der Waals surface area contributed by atoms with E-state index >= 15 is 0 Å². The molecule has 0 bridgehead atoms. The van der Waals surface area contributed by atoms with Crippen molar-refractivity contribution in [3.05, 3.63) is 30.0 Å². The molecule has 0 fully saturated rings. The monoisotopic (exact) mass is 261 g/mol. The molecule has 1 heterocycles. The fourth-order valence-corrected chi connectivity index (χ4v) is 2.40. The van der Waals surface area contributed by atoms with Crippen LogP contribution in [0.25, 0.3) is 10.9 Å². The molecule has 0 unspecified atom stereocenters. The fraction of sp³-hybridized carbons (Fsp3) is 0.400. The van der Waals surface area contributed by atoms with E-state index in [2.05, 4.69) is 0 Å². The highest BCUT2D eigenvalue weighted by Crippen LogP contribution is 2.34. The average Bonchev–Trinajstić information content (AvgIpc) is 2.77. The van der Waals surface area contributed by atoms with E-state index in [9.17, 15) is 9.90 Å². The van der Waals surface area contributed by atoms with Crippen LogP contribution in [0, 0.1) is 0 Å². The molecule has 4 nitrogen and oxygen atoms in total. The lowest BCUT2D eigenvalue weighted by molar-refractivity contribution is -0.142. The van der Waals surface area contributed by atoms with Gasteiger partial charge in [0.05, 0.1) is 12.6 Å². The Balaban J connectivity index is 2.79. The molecule has 0 aliphatic rings. The molecule has 0 spiro atoms. The highest BCUT2D eigenvalue weighted by molar-refractivity contribution is 5.90. The minimum atomic E-state index is -0.931. The number of methoxy groups -OCH3 is 1. The Morgan fingerprint density at radius 3 is 2.63 bits per heavy atom. The number of aliphatic carboxylic acids is 1. The molecule has 102 valence electrons. The standard InChI is InChI=1S/C15H19NO3/c1-5-16-11-7-6-8-12(19-4)10(11)9-13(16)15(2,3)14(17)18/h6-9H,5H2,1-4H3,(H,17,18). The first-order chi connectivity index (χ1) is 8.93. The van der Waals surface area contributed by atoms with Crippen molar-refractivity contribution in [2.75, 3.05) is 7.11 Å². The molecule has 0 aliphatic heterocycles. The van der Waals surface area contributed by atoms with E-state index < -0.39 is 11.4 Å². The third kappa shape index (κ3) is 1.97. The van der Waals surface area contributed by atoms with Gasteiger partial charge in [0.2, 0.25) is 0 Å². The summed E-state index contributed by atoms with van der Waals surface area (Å²) in [5, 5.41) is 10.4. The fourth-order valence-electron chi connectivity index (χ4n) is 2.40. The van der Waals surface area contributed by atoms with Crippen LogP contribution in [-0.4, -0.2) is 22.8 Å². The van der Waals surface area contributed by atoms with E-state index in [1.54, 1.807) is 21.0 Å². The highest BCUT2D eigenvalue weighted by atomic mass is 16.5. The minimum Gasteiger partial charge on any atom is -0.496 e. The number of aromatic nitrogens is 1. The molecule has 0 atom stereocenters. The SMILES string of the molecule is CCn1c(C(C)(C)C(=O)O)cc2c(OC)cccc21. The number of fused-ring (bicyclic) bond motifs is 1. The number of benzene rings is 1. The summed E-state index contributed by atoms with van der Waals surface area (Å²) in [5.41, 5.74) is 0.869. The summed E-state index contributed by atoms with van der Waals surface area (Å²) >= 11 is 0. The molecule has 0 amide bonds. The van der Waals surface area contributed by atoms with E-state index in [-0.39, 0.29) is 0 Å². The van der Waals surface area contributed by atoms with Gasteiger partial charge in [-0.05, 0) is 39.0 Å². The molecule has 0 aliphatic carbocycles. The number of carboxylic acids is 1. The Hall–Kier alpha value is -1.97. The number of rotatable bonds is 4. The minimum absolute atomic E-state index is 0.725. The Kier molecular flexibility index (Phi) is 3.27. The number of hydrogen-bond donors (Lipinski definition) is 1. The van der Waals surface area contributed by atoms with Crippen molar-refractivity contribution >= 4 is 16.9 Å². The molecule has 1 aromatic carbocycles. The lowest BCUT2D eigenvalue weighted by atomic mass is 9.89. The zero-order valence-electron chi connectivity index (χ0n) is 11.7. The summed E-state index contributed by atoms with van der Waals surface area (Å²) in [5.74, 6) is -0.0592. The van der Waals surface area contributed by atoms with Crippen molar-refractivity contribution in [2.45, 2.75) is 32.7 Å². The zero-order chi connectivity index (χ0) is 14.2. The van der Waals surface area contributed by atoms with Crippen LogP contribution in [0.4, 0.5) is 0 Å². The second kappa shape index (κ2) is 4.61. The van der Waals surface area contributed by atoms with E-state index in [1.165, 1.54) is 0 Å². The number of nitrogens with zero attached hydrogens (tertiary/aromatic N) is 1. The van der Waals surface area contributed by atoms with Gasteiger partial charge in [-0.1, -0.05) is 6.07 Å². The molecule has 4 heteroatoms. The average molecular weight is 261 g/mol. The summed E-state index contributed by atoms with van der Waals surface area (Å²) in [6.45, 7) is 6.19. The van der Waals surface area contributed by atoms with Gasteiger partial charge in [-0.25, -0.2) is 0 Å². The van der Waals surface area contributed by atoms with Crippen LogP contribution < -0.4 is 4.74 Å². The summed E-state index contributed by atoms with van der Waals surface area (Å²) in [6.07, 6.45) is 0. The van der Waals surface area contributed by atoms with Crippen LogP contribution >= 0.6 is 0 Å². The third-order valence-electron chi connectivity index (χ3n) is 3.62. The first-order valence-electron chi connectivity index (χ1n) is 6.33. The summed E-state index contributed by atoms with van der Waals surface area (Å²) in [7, 11) is 1.63. The van der Waals surface area contributed by atoms with Crippen LogP contribution in [0.15, 0.2) is 24.3 Å². The van der Waals surface area contributed by atoms with Crippen molar-refractivity contribution in [1.29, 1.82) is 0 Å². The summed E-state index contributed by atoms with van der Waals surface area (Å²) < 4.78 is 7.39. The second-order valence-corrected chi connectivity index (χ2v) is 5.10. The van der Waals surface area contributed by atoms with E-state index in [0.29, 0.717) is 0 Å². The molecule has 2 aromatic rings. The van der Waals surface area contributed by atoms with E-state index in [0.717, 1.165) is 28.9 Å². The second-order valence-electron chi connectivity index (χ2n) is 5.10. The topological polar surface area (TPSA) is 51.5 Å². The zero-order valence-corrected chi connectivity index (χ0v) is 11.7. The Morgan fingerprint density at radius 2 is 2.11 bits per heavy atom. The van der Waals surface area contributed by atoms with Gasteiger partial charge in [0.1, 0.15) is 11.2 Å². The van der Waals surface area contributed by atoms with Gasteiger partial charge >= 0.3 is 5.97 Å². The predicted octanol–water partition coefficient (Wildman–Crippen LogP) is 3.03. The smallest absolute Gasteiger partial charge is 0.315 e. The highest BCUT2D eigenvalue weighted by Gasteiger charge is 2.33. The van der Waals surface area contributed by atoms with Crippen molar-refractivity contribution in [3.63, 3.8) is 0 Å². The Morgan fingerprint density at radius 1 is 1.42 bits per heavy atom. The summed E-state index contributed by atoms with van der Waals surface area (Å²) in [4.78, 5) is 11.5. The molecule has 0 radical (unpaired) electrons. The van der Waals surface area contributed by atoms with Gasteiger partial charge in [0.25, 0.3) is 0 Å². The molecule has 1 aromatic heterocycles. The molecule has 0 saturated heterocycles. The first kappa shape index (κ1) is 13.5. The van der Waals surface area contributed by atoms with E-state index in [1.807, 2.05) is 35.8 Å². The Bertz CT molecular complexity index is 626. The van der Waals surface area contributed by atoms with Crippen molar-refractivity contribution in [2.24, 2.45) is 0 Å². The molecule has 0 saturated carbocycles. The molecule has 19 heavy (non-hydrogen) atoms. The molecular formula is C15H19NO3. The maximum Gasteiger partial charge on any atom is 0.315 e. The van der Waals surface area contributed by atoms with Crippen LogP contribution in [0.3, 0.4) is 0 Å². The Labute approximate surface area is 112 Å².